The molecule has 0 aromatic carbocycles. The molecule has 0 saturated carbocycles. The van der Waals surface area contributed by atoms with Gasteiger partial charge in [-0.1, -0.05) is 10.8 Å². The molecule has 0 radical (unpaired) electrons. The van der Waals surface area contributed by atoms with Crippen LogP contribution in [0.1, 0.15) is 0 Å². The van der Waals surface area contributed by atoms with Gasteiger partial charge in [0.05, 0.1) is 46.2 Å². The van der Waals surface area contributed by atoms with E-state index in [1.165, 1.54) is 0 Å². The number of rotatable bonds is 13. The van der Waals surface area contributed by atoms with Crippen molar-refractivity contribution < 1.29 is 28.8 Å². The molecule has 0 aliphatic carbocycles. The fourth-order valence-corrected chi connectivity index (χ4v) is 1.42. The Morgan fingerprint density at radius 2 is 1.44 bits per heavy atom. The summed E-state index contributed by atoms with van der Waals surface area (Å²) in [4.78, 5) is 10.9. The van der Waals surface area contributed by atoms with Crippen LogP contribution in [-0.4, -0.2) is 69.7 Å². The fourth-order valence-electron chi connectivity index (χ4n) is 0.915. The third kappa shape index (κ3) is 14.1. The molecule has 0 atom stereocenters. The van der Waals surface area contributed by atoms with Gasteiger partial charge in [-0.15, -0.1) is 11.7 Å². The predicted octanol–water partition coefficient (Wildman–Crippen LogP) is 0.150. The predicted molar refractivity (Wildman–Crippen MR) is 71.9 cm³/mol. The van der Waals surface area contributed by atoms with Gasteiger partial charge < -0.3 is 24.1 Å². The van der Waals surface area contributed by atoms with Crippen molar-refractivity contribution in [3.05, 3.63) is 0 Å². The number of esters is 1. The molecule has 18 heavy (non-hydrogen) atoms. The summed E-state index contributed by atoms with van der Waals surface area (Å²) in [5, 5.41) is 8.43. The Morgan fingerprint density at radius 3 is 1.94 bits per heavy atom. The molecule has 108 valence electrons. The molecular formula is C10H20O6S2. The van der Waals surface area contributed by atoms with Crippen LogP contribution in [0.4, 0.5) is 0 Å². The van der Waals surface area contributed by atoms with Crippen molar-refractivity contribution in [2.45, 2.75) is 0 Å². The summed E-state index contributed by atoms with van der Waals surface area (Å²) in [6.07, 6.45) is 0. The van der Waals surface area contributed by atoms with E-state index in [0.717, 1.165) is 10.8 Å². The highest BCUT2D eigenvalue weighted by atomic mass is 33.1. The zero-order chi connectivity index (χ0) is 13.5. The summed E-state index contributed by atoms with van der Waals surface area (Å²) < 4.78 is 20.2. The fraction of sp³-hybridized carbons (Fsp3) is 0.900. The van der Waals surface area contributed by atoms with Gasteiger partial charge in [-0.3, -0.25) is 4.79 Å². The molecule has 0 aromatic heterocycles. The van der Waals surface area contributed by atoms with Crippen molar-refractivity contribution in [3.8, 4) is 0 Å². The van der Waals surface area contributed by atoms with Crippen molar-refractivity contribution in [3.63, 3.8) is 0 Å². The van der Waals surface area contributed by atoms with Gasteiger partial charge in [0.1, 0.15) is 12.4 Å². The molecule has 8 heteroatoms. The smallest absolute Gasteiger partial charge is 0.316 e. The third-order valence-corrected chi connectivity index (χ3v) is 2.40. The molecule has 0 amide bonds. The highest BCUT2D eigenvalue weighted by Gasteiger charge is 2.00. The second-order valence-corrected chi connectivity index (χ2v) is 4.38. The van der Waals surface area contributed by atoms with E-state index >= 15 is 0 Å². The first-order chi connectivity index (χ1) is 8.81. The molecule has 0 saturated heterocycles. The monoisotopic (exact) mass is 300 g/mol. The van der Waals surface area contributed by atoms with Gasteiger partial charge in [-0.2, -0.15) is 0 Å². The van der Waals surface area contributed by atoms with Gasteiger partial charge in [0.2, 0.25) is 0 Å². The van der Waals surface area contributed by atoms with Gasteiger partial charge in [-0.05, 0) is 0 Å². The van der Waals surface area contributed by atoms with Crippen LogP contribution in [0, 0.1) is 0 Å². The van der Waals surface area contributed by atoms with E-state index in [-0.39, 0.29) is 24.9 Å². The molecule has 0 aliphatic rings. The van der Waals surface area contributed by atoms with Crippen LogP contribution >= 0.6 is 22.5 Å². The van der Waals surface area contributed by atoms with Gasteiger partial charge in [0.15, 0.2) is 0 Å². The Kier molecular flexibility index (Phi) is 15.1. The molecule has 1 N–H and O–H groups in total. The summed E-state index contributed by atoms with van der Waals surface area (Å²) in [5.41, 5.74) is 0. The molecule has 0 rings (SSSR count). The molecule has 0 heterocycles. The lowest BCUT2D eigenvalue weighted by atomic mass is 10.7. The molecule has 0 aromatic rings. The summed E-state index contributed by atoms with van der Waals surface area (Å²) in [6, 6.07) is 0. The standard InChI is InChI=1S/C10H20O6S2/c11-1-2-13-3-4-14-5-6-15-7-8-16-10(12)9-18-17/h11,17H,1-9H2. The second-order valence-electron chi connectivity index (χ2n) is 3.05. The van der Waals surface area contributed by atoms with E-state index < -0.39 is 0 Å². The topological polar surface area (TPSA) is 74.2 Å². The van der Waals surface area contributed by atoms with Crippen LogP contribution in [0.15, 0.2) is 0 Å². The summed E-state index contributed by atoms with van der Waals surface area (Å²) in [7, 11) is 1.12. The molecule has 0 bridgehead atoms. The first kappa shape index (κ1) is 18.0. The number of thiol groups is 1. The zero-order valence-corrected chi connectivity index (χ0v) is 11.9. The number of hydrogen-bond donors (Lipinski definition) is 2. The van der Waals surface area contributed by atoms with Crippen molar-refractivity contribution in [2.75, 3.05) is 58.6 Å². The quantitative estimate of drug-likeness (QED) is 0.217. The molecule has 6 nitrogen and oxygen atoms in total. The van der Waals surface area contributed by atoms with Crippen LogP contribution in [0.3, 0.4) is 0 Å². The van der Waals surface area contributed by atoms with Gasteiger partial charge in [0, 0.05) is 0 Å². The Balaban J connectivity index is 3.01. The van der Waals surface area contributed by atoms with Crippen molar-refractivity contribution in [2.24, 2.45) is 0 Å². The molecule has 0 aliphatic heterocycles. The van der Waals surface area contributed by atoms with E-state index in [0.29, 0.717) is 39.6 Å². The second kappa shape index (κ2) is 15.1. The SMILES string of the molecule is O=C(CSS)OCCOCCOCCOCCO. The van der Waals surface area contributed by atoms with Crippen LogP contribution in [0.5, 0.6) is 0 Å². The summed E-state index contributed by atoms with van der Waals surface area (Å²) in [6.45, 7) is 2.78. The van der Waals surface area contributed by atoms with E-state index in [9.17, 15) is 4.79 Å². The minimum Gasteiger partial charge on any atom is -0.463 e. The maximum atomic E-state index is 10.9. The van der Waals surface area contributed by atoms with E-state index in [4.69, 9.17) is 24.1 Å². The van der Waals surface area contributed by atoms with Crippen molar-refractivity contribution in [1.82, 2.24) is 0 Å². The maximum Gasteiger partial charge on any atom is 0.316 e. The molecular weight excluding hydrogens is 280 g/mol. The van der Waals surface area contributed by atoms with Gasteiger partial charge in [-0.25, -0.2) is 0 Å². The number of carbonyl (C=O) groups is 1. The first-order valence-corrected chi connectivity index (χ1v) is 7.61. The molecule has 0 spiro atoms. The van der Waals surface area contributed by atoms with Crippen LogP contribution in [-0.2, 0) is 23.7 Å². The Labute approximate surface area is 116 Å². The van der Waals surface area contributed by atoms with Crippen LogP contribution in [0.25, 0.3) is 0 Å². The van der Waals surface area contributed by atoms with Crippen molar-refractivity contribution in [1.29, 1.82) is 0 Å². The molecule has 0 unspecified atom stereocenters. The molecule has 0 fully saturated rings. The third-order valence-electron chi connectivity index (χ3n) is 1.65. The normalized spacial score (nSPS) is 10.6. The number of aliphatic hydroxyl groups is 1. The van der Waals surface area contributed by atoms with E-state index in [1.54, 1.807) is 0 Å². The van der Waals surface area contributed by atoms with Crippen molar-refractivity contribution >= 4 is 28.4 Å². The lowest BCUT2D eigenvalue weighted by molar-refractivity contribution is -0.142. The lowest BCUT2D eigenvalue weighted by Crippen LogP contribution is -2.14. The van der Waals surface area contributed by atoms with Gasteiger partial charge in [0.25, 0.3) is 0 Å². The summed E-state index contributed by atoms with van der Waals surface area (Å²) in [5.74, 6) is -0.0593. The highest BCUT2D eigenvalue weighted by molar-refractivity contribution is 8.68. The largest absolute Gasteiger partial charge is 0.463 e. The first-order valence-electron chi connectivity index (χ1n) is 5.57. The van der Waals surface area contributed by atoms with Crippen LogP contribution < -0.4 is 0 Å². The van der Waals surface area contributed by atoms with Gasteiger partial charge >= 0.3 is 5.97 Å². The average Bonchev–Trinajstić information content (AvgIpc) is 2.36. The number of hydrogen-bond acceptors (Lipinski definition) is 8. The van der Waals surface area contributed by atoms with Crippen LogP contribution in [0.2, 0.25) is 0 Å². The lowest BCUT2D eigenvalue weighted by Gasteiger charge is -2.06. The number of ether oxygens (including phenoxy) is 4. The maximum absolute atomic E-state index is 10.9. The zero-order valence-electron chi connectivity index (χ0n) is 10.2. The number of aliphatic hydroxyl groups excluding tert-OH is 1. The Bertz CT molecular complexity index is 193. The minimum atomic E-state index is -0.295. The van der Waals surface area contributed by atoms with E-state index in [1.807, 2.05) is 0 Å². The Morgan fingerprint density at radius 1 is 0.944 bits per heavy atom. The average molecular weight is 300 g/mol. The highest BCUT2D eigenvalue weighted by Crippen LogP contribution is 2.03. The minimum absolute atomic E-state index is 0.0214. The van der Waals surface area contributed by atoms with E-state index in [2.05, 4.69) is 11.7 Å². The summed E-state index contributed by atoms with van der Waals surface area (Å²) >= 11 is 3.84. The number of carbonyl (C=O) groups excluding carboxylic acids is 1. The Hall–Kier alpha value is 0.01000.